The van der Waals surface area contributed by atoms with Crippen LogP contribution >= 0.6 is 0 Å². The summed E-state index contributed by atoms with van der Waals surface area (Å²) in [6.07, 6.45) is 8.88. The van der Waals surface area contributed by atoms with Crippen molar-refractivity contribution in [3.05, 3.63) is 71.3 Å². The van der Waals surface area contributed by atoms with Crippen LogP contribution in [0.1, 0.15) is 26.3 Å². The van der Waals surface area contributed by atoms with Crippen LogP contribution in [0.4, 0.5) is 17.3 Å². The number of carbonyl (C=O) groups excluding carboxylic acids is 1. The molecule has 0 radical (unpaired) electrons. The minimum Gasteiger partial charge on any atom is -0.374 e. The van der Waals surface area contributed by atoms with Crippen LogP contribution in [-0.2, 0) is 11.3 Å². The molecule has 0 atom stereocenters. The molecule has 1 saturated heterocycles. The fourth-order valence-corrected chi connectivity index (χ4v) is 4.60. The summed E-state index contributed by atoms with van der Waals surface area (Å²) in [6, 6.07) is 6.25. The third-order valence-electron chi connectivity index (χ3n) is 7.25. The average molecular weight is 545 g/mol. The summed E-state index contributed by atoms with van der Waals surface area (Å²) in [5, 5.41) is 3.68. The Labute approximate surface area is 235 Å². The molecule has 1 fully saturated rings. The normalized spacial score (nSPS) is 15.2. The molecule has 0 unspecified atom stereocenters. The summed E-state index contributed by atoms with van der Waals surface area (Å²) < 4.78 is 3.26. The van der Waals surface area contributed by atoms with Crippen LogP contribution in [0.3, 0.4) is 0 Å². The molecule has 0 aliphatic carbocycles. The van der Waals surface area contributed by atoms with E-state index in [4.69, 9.17) is 4.98 Å². The van der Waals surface area contributed by atoms with Crippen LogP contribution < -0.4 is 15.8 Å². The Morgan fingerprint density at radius 3 is 2.55 bits per heavy atom. The van der Waals surface area contributed by atoms with E-state index in [1.165, 1.54) is 17.3 Å². The number of likely N-dealkylation sites (N-methyl/N-ethyl adjacent to an activating group) is 1. The van der Waals surface area contributed by atoms with Crippen molar-refractivity contribution in [1.82, 2.24) is 29.1 Å². The number of hydrogen-bond acceptors (Lipinski definition) is 8. The van der Waals surface area contributed by atoms with Gasteiger partial charge in [-0.2, -0.15) is 4.98 Å². The van der Waals surface area contributed by atoms with Gasteiger partial charge in [0.1, 0.15) is 11.7 Å². The van der Waals surface area contributed by atoms with Gasteiger partial charge in [-0.05, 0) is 70.7 Å². The number of allylic oxidation sites excluding steroid dienone is 4. The SMILES string of the molecule is C=CCn1c(=O)c2cnc(Nc3ccc(N4CCN(C)CC4)c(C)c3)nc2n1C(/C=C\C=O)=C/N(C)C(C)(C)C. The van der Waals surface area contributed by atoms with Crippen LogP contribution in [0.5, 0.6) is 0 Å². The quantitative estimate of drug-likeness (QED) is 0.188. The molecule has 0 amide bonds. The average Bonchev–Trinajstić information content (AvgIpc) is 3.17. The van der Waals surface area contributed by atoms with E-state index in [2.05, 4.69) is 73.6 Å². The van der Waals surface area contributed by atoms with E-state index >= 15 is 0 Å². The van der Waals surface area contributed by atoms with Gasteiger partial charge in [-0.1, -0.05) is 6.08 Å². The van der Waals surface area contributed by atoms with Gasteiger partial charge in [-0.25, -0.2) is 14.3 Å². The molecular weight excluding hydrogens is 504 g/mol. The lowest BCUT2D eigenvalue weighted by Gasteiger charge is -2.35. The number of aromatic nitrogens is 4. The molecule has 10 nitrogen and oxygen atoms in total. The number of nitrogens with one attached hydrogen (secondary N) is 1. The predicted molar refractivity (Wildman–Crippen MR) is 163 cm³/mol. The number of hydrogen-bond donors (Lipinski definition) is 1. The van der Waals surface area contributed by atoms with Crippen molar-refractivity contribution in [3.63, 3.8) is 0 Å². The Balaban J connectivity index is 1.76. The molecule has 3 aromatic rings. The highest BCUT2D eigenvalue weighted by Crippen LogP contribution is 2.27. The monoisotopic (exact) mass is 544 g/mol. The minimum atomic E-state index is -0.238. The molecule has 3 heterocycles. The zero-order valence-corrected chi connectivity index (χ0v) is 24.4. The Hall–Kier alpha value is -4.18. The number of aryl methyl sites for hydroxylation is 1. The summed E-state index contributed by atoms with van der Waals surface area (Å²) in [6.45, 7) is 16.5. The summed E-state index contributed by atoms with van der Waals surface area (Å²) in [7, 11) is 4.10. The van der Waals surface area contributed by atoms with Crippen LogP contribution in [-0.4, -0.2) is 81.2 Å². The van der Waals surface area contributed by atoms with Crippen molar-refractivity contribution in [2.24, 2.45) is 0 Å². The molecule has 1 aliphatic heterocycles. The van der Waals surface area contributed by atoms with Gasteiger partial charge in [0.05, 0.1) is 12.2 Å². The number of fused-ring (bicyclic) bond motifs is 1. The molecule has 40 heavy (non-hydrogen) atoms. The highest BCUT2D eigenvalue weighted by molar-refractivity contribution is 5.81. The molecule has 1 aromatic carbocycles. The van der Waals surface area contributed by atoms with Gasteiger partial charge >= 0.3 is 0 Å². The molecule has 0 bridgehead atoms. The molecule has 10 heteroatoms. The molecule has 1 N–H and O–H groups in total. The topological polar surface area (TPSA) is 91.5 Å². The minimum absolute atomic E-state index is 0.192. The van der Waals surface area contributed by atoms with E-state index < -0.39 is 0 Å². The van der Waals surface area contributed by atoms with E-state index in [9.17, 15) is 9.59 Å². The molecule has 0 spiro atoms. The highest BCUT2D eigenvalue weighted by Gasteiger charge is 2.21. The maximum absolute atomic E-state index is 13.4. The standard InChI is InChI=1S/C30H40N8O2/c1-8-13-37-28(40)25-20-31-29(32-23-11-12-26(22(2)19-23)36-16-14-34(6)15-17-36)33-27(25)38(37)24(10-9-18-39)21-35(7)30(3,4)5/h8-12,18-21H,1,13-17H2,2-7H3,(H,31,32,33)/b10-9-,24-21+. The van der Waals surface area contributed by atoms with Gasteiger partial charge in [0.15, 0.2) is 5.65 Å². The van der Waals surface area contributed by atoms with Crippen LogP contribution in [0.25, 0.3) is 16.7 Å². The van der Waals surface area contributed by atoms with Gasteiger partial charge in [-0.15, -0.1) is 6.58 Å². The Kier molecular flexibility index (Phi) is 8.58. The van der Waals surface area contributed by atoms with Gasteiger partial charge in [0.2, 0.25) is 5.95 Å². The smallest absolute Gasteiger partial charge is 0.278 e. The van der Waals surface area contributed by atoms with E-state index in [0.717, 1.165) is 31.9 Å². The van der Waals surface area contributed by atoms with Crippen LogP contribution in [0.2, 0.25) is 0 Å². The van der Waals surface area contributed by atoms with Gasteiger partial charge in [-0.3, -0.25) is 9.59 Å². The Morgan fingerprint density at radius 1 is 1.20 bits per heavy atom. The van der Waals surface area contributed by atoms with Crippen molar-refractivity contribution >= 4 is 40.3 Å². The maximum Gasteiger partial charge on any atom is 0.278 e. The summed E-state index contributed by atoms with van der Waals surface area (Å²) >= 11 is 0. The van der Waals surface area contributed by atoms with Gasteiger partial charge < -0.3 is 20.0 Å². The molecular formula is C30H40N8O2. The van der Waals surface area contributed by atoms with Crippen LogP contribution in [0.15, 0.2) is 60.2 Å². The Bertz CT molecular complexity index is 1500. The number of benzene rings is 1. The number of nitrogens with zero attached hydrogens (tertiary/aromatic N) is 7. The first kappa shape index (κ1) is 28.8. The Morgan fingerprint density at radius 2 is 1.93 bits per heavy atom. The molecule has 2 aromatic heterocycles. The first-order chi connectivity index (χ1) is 19.0. The summed E-state index contributed by atoms with van der Waals surface area (Å²) in [4.78, 5) is 40.6. The first-order valence-electron chi connectivity index (χ1n) is 13.5. The fraction of sp³-hybridized carbons (Fsp3) is 0.400. The van der Waals surface area contributed by atoms with E-state index in [-0.39, 0.29) is 17.6 Å². The second-order valence-corrected chi connectivity index (χ2v) is 11.2. The van der Waals surface area contributed by atoms with E-state index in [1.54, 1.807) is 27.7 Å². The van der Waals surface area contributed by atoms with Crippen molar-refractivity contribution in [1.29, 1.82) is 0 Å². The zero-order chi connectivity index (χ0) is 29.0. The van der Waals surface area contributed by atoms with E-state index in [1.807, 2.05) is 24.2 Å². The number of anilines is 3. The highest BCUT2D eigenvalue weighted by atomic mass is 16.1. The van der Waals surface area contributed by atoms with Crippen molar-refractivity contribution in [2.45, 2.75) is 39.8 Å². The lowest BCUT2D eigenvalue weighted by molar-refractivity contribution is -0.104. The molecule has 4 rings (SSSR count). The second-order valence-electron chi connectivity index (χ2n) is 11.2. The van der Waals surface area contributed by atoms with Gasteiger partial charge in [0.25, 0.3) is 5.56 Å². The third-order valence-corrected chi connectivity index (χ3v) is 7.25. The second kappa shape index (κ2) is 11.9. The van der Waals surface area contributed by atoms with Crippen molar-refractivity contribution in [2.75, 3.05) is 50.5 Å². The molecule has 212 valence electrons. The van der Waals surface area contributed by atoms with E-state index in [0.29, 0.717) is 29.0 Å². The van der Waals surface area contributed by atoms with Crippen molar-refractivity contribution < 1.29 is 4.79 Å². The zero-order valence-electron chi connectivity index (χ0n) is 24.4. The lowest BCUT2D eigenvalue weighted by atomic mass is 10.1. The number of piperazine rings is 1. The van der Waals surface area contributed by atoms with Crippen LogP contribution in [0, 0.1) is 6.92 Å². The fourth-order valence-electron chi connectivity index (χ4n) is 4.60. The van der Waals surface area contributed by atoms with Crippen molar-refractivity contribution in [3.8, 4) is 0 Å². The number of rotatable bonds is 9. The largest absolute Gasteiger partial charge is 0.374 e. The molecule has 0 saturated carbocycles. The predicted octanol–water partition coefficient (Wildman–Crippen LogP) is 3.87. The van der Waals surface area contributed by atoms with Gasteiger partial charge in [0, 0.05) is 62.5 Å². The lowest BCUT2D eigenvalue weighted by Crippen LogP contribution is -2.44. The first-order valence-corrected chi connectivity index (χ1v) is 13.5. The number of carbonyl (C=O) groups is 1. The summed E-state index contributed by atoms with van der Waals surface area (Å²) in [5.41, 5.74) is 3.86. The number of aldehydes is 1. The summed E-state index contributed by atoms with van der Waals surface area (Å²) in [5.74, 6) is 0.367. The maximum atomic E-state index is 13.4. The molecule has 1 aliphatic rings. The third kappa shape index (κ3) is 6.17.